The maximum absolute atomic E-state index is 2.40. The van der Waals surface area contributed by atoms with Crippen molar-refractivity contribution in [3.05, 3.63) is 200 Å². The van der Waals surface area contributed by atoms with Crippen molar-refractivity contribution >= 4 is 70.1 Å². The van der Waals surface area contributed by atoms with Gasteiger partial charge in [-0.2, -0.15) is 0 Å². The fourth-order valence-corrected chi connectivity index (χ4v) is 8.80. The molecule has 0 radical (unpaired) electrons. The van der Waals surface area contributed by atoms with Crippen LogP contribution in [0.1, 0.15) is 0 Å². The topological polar surface area (TPSA) is 3.24 Å². The first-order chi connectivity index (χ1) is 25.8. The second kappa shape index (κ2) is 12.7. The molecule has 0 atom stereocenters. The molecule has 0 aliphatic carbocycles. The fraction of sp³-hybridized carbons (Fsp3) is 0. The fourth-order valence-electron chi connectivity index (χ4n) is 7.67. The highest BCUT2D eigenvalue weighted by Gasteiger charge is 2.19. The predicted octanol–water partition coefficient (Wildman–Crippen LogP) is 14.8. The quantitative estimate of drug-likeness (QED) is 0.169. The summed E-state index contributed by atoms with van der Waals surface area (Å²) in [5.74, 6) is 0. The number of hydrogen-bond donors (Lipinski definition) is 0. The Kier molecular flexibility index (Phi) is 7.41. The molecule has 10 rings (SSSR count). The Bertz CT molecular complexity index is 2880. The summed E-state index contributed by atoms with van der Waals surface area (Å²) in [7, 11) is 0. The zero-order valence-electron chi connectivity index (χ0n) is 28.4. The smallest absolute Gasteiger partial charge is 0.0540 e. The number of fused-ring (bicyclic) bond motifs is 5. The standard InChI is InChI=1S/C50H33NS/c1-2-11-34(12-3-1)35-23-27-41(28-24-35)51(48-19-8-6-16-45(48)44-18-10-14-37-13-4-5-15-43(37)44)42-29-25-36(26-30-42)38-21-22-39-32-47-46-17-7-9-20-49(46)52-50(47)33-40(39)31-38/h1-33H. The monoisotopic (exact) mass is 679 g/mol. The van der Waals surface area contributed by atoms with E-state index in [-0.39, 0.29) is 0 Å². The number of hydrogen-bond acceptors (Lipinski definition) is 2. The molecule has 0 spiro atoms. The molecule has 2 heteroatoms. The van der Waals surface area contributed by atoms with E-state index in [1.165, 1.54) is 75.1 Å². The van der Waals surface area contributed by atoms with Crippen molar-refractivity contribution in [1.29, 1.82) is 0 Å². The summed E-state index contributed by atoms with van der Waals surface area (Å²) in [5.41, 5.74) is 10.6. The summed E-state index contributed by atoms with van der Waals surface area (Å²) in [6, 6.07) is 72.9. The first kappa shape index (κ1) is 30.4. The Morgan fingerprint density at radius 3 is 1.71 bits per heavy atom. The number of thiophene rings is 1. The molecule has 10 aromatic rings. The van der Waals surface area contributed by atoms with Crippen molar-refractivity contribution in [3.8, 4) is 33.4 Å². The highest BCUT2D eigenvalue weighted by Crippen LogP contribution is 2.44. The van der Waals surface area contributed by atoms with Crippen LogP contribution in [0, 0.1) is 0 Å². The SMILES string of the molecule is c1ccc(-c2ccc(N(c3ccc(-c4ccc5cc6c(cc5c4)sc4ccccc46)cc3)c3ccccc3-c3cccc4ccccc34)cc2)cc1. The van der Waals surface area contributed by atoms with Crippen LogP contribution in [-0.4, -0.2) is 0 Å². The number of anilines is 3. The Morgan fingerprint density at radius 2 is 0.904 bits per heavy atom. The molecule has 1 heterocycles. The van der Waals surface area contributed by atoms with Crippen molar-refractivity contribution in [3.63, 3.8) is 0 Å². The minimum Gasteiger partial charge on any atom is -0.310 e. The number of nitrogens with zero attached hydrogens (tertiary/aromatic N) is 1. The van der Waals surface area contributed by atoms with Gasteiger partial charge in [0.15, 0.2) is 0 Å². The molecule has 0 unspecified atom stereocenters. The average molecular weight is 680 g/mol. The van der Waals surface area contributed by atoms with Gasteiger partial charge < -0.3 is 4.90 Å². The number of benzene rings is 9. The molecule has 1 aromatic heterocycles. The van der Waals surface area contributed by atoms with Crippen LogP contribution in [0.25, 0.3) is 75.1 Å². The maximum Gasteiger partial charge on any atom is 0.0540 e. The van der Waals surface area contributed by atoms with Crippen LogP contribution < -0.4 is 4.90 Å². The average Bonchev–Trinajstić information content (AvgIpc) is 3.58. The van der Waals surface area contributed by atoms with Crippen molar-refractivity contribution < 1.29 is 0 Å². The van der Waals surface area contributed by atoms with Crippen LogP contribution in [-0.2, 0) is 0 Å². The van der Waals surface area contributed by atoms with E-state index in [0.29, 0.717) is 0 Å². The molecule has 0 saturated carbocycles. The van der Waals surface area contributed by atoms with Gasteiger partial charge in [-0.05, 0) is 104 Å². The normalized spacial score (nSPS) is 11.5. The molecule has 0 N–H and O–H groups in total. The van der Waals surface area contributed by atoms with Crippen LogP contribution in [0.5, 0.6) is 0 Å². The van der Waals surface area contributed by atoms with Gasteiger partial charge >= 0.3 is 0 Å². The van der Waals surface area contributed by atoms with Crippen LogP contribution in [0.3, 0.4) is 0 Å². The van der Waals surface area contributed by atoms with E-state index in [2.05, 4.69) is 205 Å². The van der Waals surface area contributed by atoms with Gasteiger partial charge in [0.25, 0.3) is 0 Å². The van der Waals surface area contributed by atoms with E-state index in [0.717, 1.165) is 17.1 Å². The van der Waals surface area contributed by atoms with Gasteiger partial charge in [0.2, 0.25) is 0 Å². The third-order valence-electron chi connectivity index (χ3n) is 10.3. The molecule has 0 aliphatic rings. The summed E-state index contributed by atoms with van der Waals surface area (Å²) in [4.78, 5) is 2.40. The molecule has 244 valence electrons. The second-order valence-electron chi connectivity index (χ2n) is 13.3. The lowest BCUT2D eigenvalue weighted by molar-refractivity contribution is 1.28. The van der Waals surface area contributed by atoms with Gasteiger partial charge in [0, 0.05) is 37.1 Å². The van der Waals surface area contributed by atoms with Gasteiger partial charge in [0.05, 0.1) is 5.69 Å². The molecule has 9 aromatic carbocycles. The summed E-state index contributed by atoms with van der Waals surface area (Å²) < 4.78 is 2.67. The lowest BCUT2D eigenvalue weighted by atomic mass is 9.95. The van der Waals surface area contributed by atoms with Crippen LogP contribution in [0.4, 0.5) is 17.1 Å². The minimum absolute atomic E-state index is 1.11. The summed E-state index contributed by atoms with van der Waals surface area (Å²) in [5, 5.41) is 7.70. The third kappa shape index (κ3) is 5.33. The van der Waals surface area contributed by atoms with E-state index in [4.69, 9.17) is 0 Å². The highest BCUT2D eigenvalue weighted by molar-refractivity contribution is 7.25. The van der Waals surface area contributed by atoms with Crippen molar-refractivity contribution in [2.75, 3.05) is 4.90 Å². The van der Waals surface area contributed by atoms with Crippen molar-refractivity contribution in [2.24, 2.45) is 0 Å². The van der Waals surface area contributed by atoms with E-state index in [1.807, 2.05) is 11.3 Å². The maximum atomic E-state index is 2.40. The van der Waals surface area contributed by atoms with E-state index >= 15 is 0 Å². The van der Waals surface area contributed by atoms with Gasteiger partial charge in [-0.15, -0.1) is 11.3 Å². The van der Waals surface area contributed by atoms with E-state index < -0.39 is 0 Å². The molecule has 1 nitrogen and oxygen atoms in total. The third-order valence-corrected chi connectivity index (χ3v) is 11.4. The number of para-hydroxylation sites is 1. The Balaban J connectivity index is 1.08. The molecule has 0 saturated heterocycles. The van der Waals surface area contributed by atoms with E-state index in [1.54, 1.807) is 0 Å². The highest BCUT2D eigenvalue weighted by atomic mass is 32.1. The number of rotatable bonds is 6. The van der Waals surface area contributed by atoms with Crippen molar-refractivity contribution in [1.82, 2.24) is 0 Å². The summed E-state index contributed by atoms with van der Waals surface area (Å²) in [6.07, 6.45) is 0. The Hall–Kier alpha value is -6.48. The summed E-state index contributed by atoms with van der Waals surface area (Å²) in [6.45, 7) is 0. The summed E-state index contributed by atoms with van der Waals surface area (Å²) >= 11 is 1.87. The first-order valence-electron chi connectivity index (χ1n) is 17.8. The largest absolute Gasteiger partial charge is 0.310 e. The lowest BCUT2D eigenvalue weighted by Gasteiger charge is -2.28. The minimum atomic E-state index is 1.11. The van der Waals surface area contributed by atoms with Crippen LogP contribution in [0.2, 0.25) is 0 Å². The van der Waals surface area contributed by atoms with Crippen LogP contribution in [0.15, 0.2) is 200 Å². The molecule has 0 bridgehead atoms. The van der Waals surface area contributed by atoms with Gasteiger partial charge in [-0.1, -0.05) is 146 Å². The molecular formula is C50H33NS. The van der Waals surface area contributed by atoms with Gasteiger partial charge in [-0.3, -0.25) is 0 Å². The second-order valence-corrected chi connectivity index (χ2v) is 14.4. The lowest BCUT2D eigenvalue weighted by Crippen LogP contribution is -2.11. The molecule has 0 aliphatic heterocycles. The van der Waals surface area contributed by atoms with Gasteiger partial charge in [0.1, 0.15) is 0 Å². The molecule has 0 fully saturated rings. The zero-order valence-corrected chi connectivity index (χ0v) is 29.2. The zero-order chi connectivity index (χ0) is 34.4. The molecule has 0 amide bonds. The first-order valence-corrected chi connectivity index (χ1v) is 18.6. The van der Waals surface area contributed by atoms with E-state index in [9.17, 15) is 0 Å². The Morgan fingerprint density at radius 1 is 0.308 bits per heavy atom. The van der Waals surface area contributed by atoms with Crippen LogP contribution >= 0.6 is 11.3 Å². The Labute approximate surface area is 307 Å². The molecule has 52 heavy (non-hydrogen) atoms. The van der Waals surface area contributed by atoms with Gasteiger partial charge in [-0.25, -0.2) is 0 Å². The molecular weight excluding hydrogens is 647 g/mol. The van der Waals surface area contributed by atoms with Crippen molar-refractivity contribution in [2.45, 2.75) is 0 Å². The predicted molar refractivity (Wildman–Crippen MR) is 225 cm³/mol.